The summed E-state index contributed by atoms with van der Waals surface area (Å²) in [7, 11) is 0. The molecule has 2 aliphatic rings. The van der Waals surface area contributed by atoms with Gasteiger partial charge in [-0.2, -0.15) is 5.10 Å². The molecule has 1 aromatic heterocycles. The lowest BCUT2D eigenvalue weighted by Gasteiger charge is -2.35. The van der Waals surface area contributed by atoms with Crippen LogP contribution < -0.4 is 0 Å². The lowest BCUT2D eigenvalue weighted by Crippen LogP contribution is -2.51. The Hall–Kier alpha value is -2.67. The lowest BCUT2D eigenvalue weighted by atomic mass is 10.1. The zero-order chi connectivity index (χ0) is 21.9. The van der Waals surface area contributed by atoms with Crippen LogP contribution in [0.2, 0.25) is 5.02 Å². The van der Waals surface area contributed by atoms with Crippen molar-refractivity contribution < 1.29 is 9.53 Å². The molecular weight excluding hydrogens is 424 g/mol. The fourth-order valence-corrected chi connectivity index (χ4v) is 4.56. The third kappa shape index (κ3) is 4.58. The van der Waals surface area contributed by atoms with Gasteiger partial charge in [0.2, 0.25) is 0 Å². The van der Waals surface area contributed by atoms with Crippen LogP contribution in [0.15, 0.2) is 60.8 Å². The Morgan fingerprint density at radius 3 is 2.47 bits per heavy atom. The molecule has 0 radical (unpaired) electrons. The monoisotopic (exact) mass is 450 g/mol. The van der Waals surface area contributed by atoms with Crippen molar-refractivity contribution in [3.63, 3.8) is 0 Å². The third-order valence-electron chi connectivity index (χ3n) is 6.21. The Kier molecular flexibility index (Phi) is 6.26. The minimum atomic E-state index is -0.234. The number of piperazine rings is 1. The highest BCUT2D eigenvalue weighted by molar-refractivity contribution is 6.30. The number of hydrogen-bond donors (Lipinski definition) is 0. The van der Waals surface area contributed by atoms with Gasteiger partial charge in [-0.25, -0.2) is 4.68 Å². The van der Waals surface area contributed by atoms with Crippen LogP contribution in [0.25, 0.3) is 16.9 Å². The van der Waals surface area contributed by atoms with E-state index >= 15 is 0 Å². The van der Waals surface area contributed by atoms with E-state index in [2.05, 4.69) is 23.2 Å². The molecule has 0 N–H and O–H groups in total. The van der Waals surface area contributed by atoms with E-state index in [1.807, 2.05) is 52.0 Å². The molecule has 6 nitrogen and oxygen atoms in total. The lowest BCUT2D eigenvalue weighted by molar-refractivity contribution is -0.142. The number of rotatable bonds is 5. The summed E-state index contributed by atoms with van der Waals surface area (Å²) in [5.41, 5.74) is 4.20. The van der Waals surface area contributed by atoms with Crippen LogP contribution in [0, 0.1) is 0 Å². The van der Waals surface area contributed by atoms with Crippen LogP contribution in [0.4, 0.5) is 0 Å². The first-order valence-electron chi connectivity index (χ1n) is 11.2. The Morgan fingerprint density at radius 1 is 1.03 bits per heavy atom. The molecule has 0 bridgehead atoms. The molecule has 0 unspecified atom stereocenters. The topological polar surface area (TPSA) is 50.6 Å². The second-order valence-corrected chi connectivity index (χ2v) is 8.83. The molecule has 32 heavy (non-hydrogen) atoms. The molecule has 0 aliphatic carbocycles. The van der Waals surface area contributed by atoms with E-state index in [1.165, 1.54) is 0 Å². The number of para-hydroxylation sites is 1. The summed E-state index contributed by atoms with van der Waals surface area (Å²) in [6, 6.07) is 18.0. The van der Waals surface area contributed by atoms with Crippen LogP contribution >= 0.6 is 11.6 Å². The maximum absolute atomic E-state index is 12.7. The van der Waals surface area contributed by atoms with Gasteiger partial charge in [-0.1, -0.05) is 41.9 Å². The van der Waals surface area contributed by atoms with Crippen molar-refractivity contribution >= 4 is 17.5 Å². The quantitative estimate of drug-likeness (QED) is 0.589. The number of ether oxygens (including phenoxy) is 1. The Labute approximate surface area is 193 Å². The number of amides is 1. The summed E-state index contributed by atoms with van der Waals surface area (Å²) in [5.74, 6) is 0.154. The van der Waals surface area contributed by atoms with Gasteiger partial charge in [0.05, 0.1) is 11.4 Å². The molecule has 7 heteroatoms. The summed E-state index contributed by atoms with van der Waals surface area (Å²) in [4.78, 5) is 17.0. The highest BCUT2D eigenvalue weighted by Crippen LogP contribution is 2.27. The molecule has 2 aliphatic heterocycles. The fourth-order valence-electron chi connectivity index (χ4n) is 4.43. The number of carbonyl (C=O) groups is 1. The van der Waals surface area contributed by atoms with Crippen LogP contribution in [0.1, 0.15) is 18.4 Å². The Morgan fingerprint density at radius 2 is 1.78 bits per heavy atom. The van der Waals surface area contributed by atoms with Crippen LogP contribution in [0.3, 0.4) is 0 Å². The largest absolute Gasteiger partial charge is 0.368 e. The predicted molar refractivity (Wildman–Crippen MR) is 125 cm³/mol. The smallest absolute Gasteiger partial charge is 0.251 e. The zero-order valence-electron chi connectivity index (χ0n) is 18.0. The first-order chi connectivity index (χ1) is 15.7. The van der Waals surface area contributed by atoms with Gasteiger partial charge in [-0.3, -0.25) is 9.69 Å². The normalized spacial score (nSPS) is 19.4. The molecule has 0 spiro atoms. The molecule has 3 aromatic rings. The molecule has 3 heterocycles. The second-order valence-electron chi connectivity index (χ2n) is 8.39. The van der Waals surface area contributed by atoms with Gasteiger partial charge < -0.3 is 9.64 Å². The van der Waals surface area contributed by atoms with Crippen molar-refractivity contribution in [1.82, 2.24) is 19.6 Å². The highest BCUT2D eigenvalue weighted by Gasteiger charge is 2.30. The summed E-state index contributed by atoms with van der Waals surface area (Å²) < 4.78 is 7.52. The first kappa shape index (κ1) is 21.2. The number of hydrogen-bond acceptors (Lipinski definition) is 4. The highest BCUT2D eigenvalue weighted by atomic mass is 35.5. The summed E-state index contributed by atoms with van der Waals surface area (Å²) in [5, 5.41) is 5.62. The molecule has 2 aromatic carbocycles. The Balaban J connectivity index is 1.33. The molecule has 5 rings (SSSR count). The zero-order valence-corrected chi connectivity index (χ0v) is 18.7. The molecule has 2 saturated heterocycles. The second kappa shape index (κ2) is 9.45. The van der Waals surface area contributed by atoms with Crippen molar-refractivity contribution in [2.24, 2.45) is 0 Å². The van der Waals surface area contributed by atoms with E-state index in [4.69, 9.17) is 21.4 Å². The average molecular weight is 451 g/mol. The average Bonchev–Trinajstić information content (AvgIpc) is 3.51. The van der Waals surface area contributed by atoms with Gasteiger partial charge in [0, 0.05) is 61.7 Å². The van der Waals surface area contributed by atoms with Gasteiger partial charge in [0.15, 0.2) is 0 Å². The first-order valence-corrected chi connectivity index (χ1v) is 11.6. The van der Waals surface area contributed by atoms with E-state index in [9.17, 15) is 4.79 Å². The molecular formula is C25H27ClN4O2. The van der Waals surface area contributed by atoms with Crippen LogP contribution in [0.5, 0.6) is 0 Å². The molecule has 1 atom stereocenters. The van der Waals surface area contributed by atoms with Gasteiger partial charge in [0.1, 0.15) is 6.10 Å². The minimum absolute atomic E-state index is 0.154. The van der Waals surface area contributed by atoms with Crippen molar-refractivity contribution in [2.75, 3.05) is 32.8 Å². The number of carbonyl (C=O) groups excluding carboxylic acids is 1. The molecule has 1 amide bonds. The van der Waals surface area contributed by atoms with Gasteiger partial charge in [0.25, 0.3) is 5.91 Å². The molecule has 2 fully saturated rings. The Bertz CT molecular complexity index is 1050. The van der Waals surface area contributed by atoms with E-state index in [1.54, 1.807) is 0 Å². The van der Waals surface area contributed by atoms with Crippen molar-refractivity contribution in [1.29, 1.82) is 0 Å². The fraction of sp³-hybridized carbons (Fsp3) is 0.360. The number of aromatic nitrogens is 2. The summed E-state index contributed by atoms with van der Waals surface area (Å²) in [6.07, 6.45) is 3.71. The minimum Gasteiger partial charge on any atom is -0.368 e. The van der Waals surface area contributed by atoms with Gasteiger partial charge in [-0.05, 0) is 37.1 Å². The van der Waals surface area contributed by atoms with Crippen molar-refractivity contribution in [3.05, 3.63) is 71.4 Å². The number of nitrogens with zero attached hydrogens (tertiary/aromatic N) is 4. The number of halogens is 1. The maximum atomic E-state index is 12.7. The van der Waals surface area contributed by atoms with Gasteiger partial charge in [-0.15, -0.1) is 0 Å². The molecule has 0 saturated carbocycles. The van der Waals surface area contributed by atoms with Crippen molar-refractivity contribution in [2.45, 2.75) is 25.5 Å². The van der Waals surface area contributed by atoms with Crippen LogP contribution in [-0.2, 0) is 16.1 Å². The predicted octanol–water partition coefficient (Wildman–Crippen LogP) is 4.02. The summed E-state index contributed by atoms with van der Waals surface area (Å²) in [6.45, 7) is 4.65. The van der Waals surface area contributed by atoms with Crippen LogP contribution in [-0.4, -0.2) is 64.4 Å². The van der Waals surface area contributed by atoms with Gasteiger partial charge >= 0.3 is 0 Å². The van der Waals surface area contributed by atoms with E-state index in [0.29, 0.717) is 11.6 Å². The van der Waals surface area contributed by atoms with E-state index in [-0.39, 0.29) is 12.0 Å². The standard InChI is InChI=1S/C25H27ClN4O2/c26-21-10-8-19(9-11-21)24-20(18-30(27-24)22-5-2-1-3-6-22)17-28-12-14-29(15-13-28)25(31)23-7-4-16-32-23/h1-3,5-6,8-11,18,23H,4,7,12-17H2/t23-/m1/s1. The maximum Gasteiger partial charge on any atom is 0.251 e. The SMILES string of the molecule is O=C([C@H]1CCCO1)N1CCN(Cc2cn(-c3ccccc3)nc2-c2ccc(Cl)cc2)CC1. The van der Waals surface area contributed by atoms with Crippen molar-refractivity contribution in [3.8, 4) is 16.9 Å². The van der Waals surface area contributed by atoms with E-state index in [0.717, 1.165) is 68.1 Å². The number of benzene rings is 2. The summed E-state index contributed by atoms with van der Waals surface area (Å²) >= 11 is 6.11. The third-order valence-corrected chi connectivity index (χ3v) is 6.46. The molecule has 166 valence electrons. The van der Waals surface area contributed by atoms with E-state index < -0.39 is 0 Å².